The summed E-state index contributed by atoms with van der Waals surface area (Å²) in [6.07, 6.45) is 2.20. The molecule has 0 fully saturated rings. The first kappa shape index (κ1) is 20.0. The molecule has 1 atom stereocenters. The number of ether oxygens (including phenoxy) is 2. The van der Waals surface area contributed by atoms with Crippen molar-refractivity contribution in [2.24, 2.45) is 0 Å². The van der Waals surface area contributed by atoms with E-state index in [0.717, 1.165) is 36.4 Å². The highest BCUT2D eigenvalue weighted by molar-refractivity contribution is 5.43. The van der Waals surface area contributed by atoms with Gasteiger partial charge in [0.1, 0.15) is 6.61 Å². The number of benzene rings is 3. The van der Waals surface area contributed by atoms with Crippen molar-refractivity contribution >= 4 is 0 Å². The topological polar surface area (TPSA) is 30.5 Å². The third-order valence-corrected chi connectivity index (χ3v) is 4.83. The van der Waals surface area contributed by atoms with Crippen LogP contribution in [0.15, 0.2) is 78.9 Å². The predicted octanol–water partition coefficient (Wildman–Crippen LogP) is 5.39. The standard InChI is InChI=1S/C25H29NO2/c1-20(13-14-21-9-5-3-6-10-21)26-18-23-15-16-24(25(17-23)27-2)28-19-22-11-7-4-8-12-22/h3-12,15-17,20,26H,13-14,18-19H2,1-2H3. The van der Waals surface area contributed by atoms with Crippen LogP contribution in [0.3, 0.4) is 0 Å². The molecule has 3 heteroatoms. The second-order valence-corrected chi connectivity index (χ2v) is 7.07. The van der Waals surface area contributed by atoms with Crippen molar-refractivity contribution in [3.63, 3.8) is 0 Å². The first-order valence-corrected chi connectivity index (χ1v) is 9.85. The van der Waals surface area contributed by atoms with Gasteiger partial charge in [-0.15, -0.1) is 0 Å². The van der Waals surface area contributed by atoms with Gasteiger partial charge in [0, 0.05) is 12.6 Å². The Morgan fingerprint density at radius 3 is 2.14 bits per heavy atom. The highest BCUT2D eigenvalue weighted by Gasteiger charge is 2.08. The van der Waals surface area contributed by atoms with Crippen molar-refractivity contribution in [3.05, 3.63) is 95.6 Å². The maximum absolute atomic E-state index is 5.94. The molecule has 146 valence electrons. The molecule has 0 spiro atoms. The zero-order valence-corrected chi connectivity index (χ0v) is 16.7. The zero-order valence-electron chi connectivity index (χ0n) is 16.7. The quantitative estimate of drug-likeness (QED) is 0.516. The lowest BCUT2D eigenvalue weighted by Crippen LogP contribution is -2.26. The largest absolute Gasteiger partial charge is 0.493 e. The highest BCUT2D eigenvalue weighted by Crippen LogP contribution is 2.29. The first-order chi connectivity index (χ1) is 13.7. The minimum Gasteiger partial charge on any atom is -0.493 e. The zero-order chi connectivity index (χ0) is 19.6. The van der Waals surface area contributed by atoms with Crippen LogP contribution >= 0.6 is 0 Å². The normalized spacial score (nSPS) is 11.8. The average molecular weight is 376 g/mol. The fraction of sp³-hybridized carbons (Fsp3) is 0.280. The van der Waals surface area contributed by atoms with Gasteiger partial charge >= 0.3 is 0 Å². The predicted molar refractivity (Wildman–Crippen MR) is 115 cm³/mol. The van der Waals surface area contributed by atoms with Gasteiger partial charge < -0.3 is 14.8 Å². The molecular weight excluding hydrogens is 346 g/mol. The summed E-state index contributed by atoms with van der Waals surface area (Å²) in [5, 5.41) is 3.60. The van der Waals surface area contributed by atoms with Crippen molar-refractivity contribution in [2.45, 2.75) is 39.0 Å². The second-order valence-electron chi connectivity index (χ2n) is 7.07. The van der Waals surface area contributed by atoms with Crippen molar-refractivity contribution in [1.29, 1.82) is 0 Å². The number of rotatable bonds is 10. The molecule has 1 N–H and O–H groups in total. The minimum atomic E-state index is 0.445. The van der Waals surface area contributed by atoms with E-state index in [1.165, 1.54) is 11.1 Å². The van der Waals surface area contributed by atoms with E-state index < -0.39 is 0 Å². The van der Waals surface area contributed by atoms with Crippen LogP contribution in [0.4, 0.5) is 0 Å². The monoisotopic (exact) mass is 375 g/mol. The molecule has 28 heavy (non-hydrogen) atoms. The van der Waals surface area contributed by atoms with E-state index in [9.17, 15) is 0 Å². The second kappa shape index (κ2) is 10.5. The maximum Gasteiger partial charge on any atom is 0.161 e. The fourth-order valence-corrected chi connectivity index (χ4v) is 3.10. The molecule has 1 unspecified atom stereocenters. The Hall–Kier alpha value is -2.78. The molecule has 0 aliphatic heterocycles. The summed E-state index contributed by atoms with van der Waals surface area (Å²) in [5.41, 5.74) is 3.72. The lowest BCUT2D eigenvalue weighted by molar-refractivity contribution is 0.284. The lowest BCUT2D eigenvalue weighted by atomic mass is 10.1. The van der Waals surface area contributed by atoms with E-state index in [4.69, 9.17) is 9.47 Å². The summed E-state index contributed by atoms with van der Waals surface area (Å²) in [6.45, 7) is 3.58. The van der Waals surface area contributed by atoms with Crippen LogP contribution in [-0.2, 0) is 19.6 Å². The van der Waals surface area contributed by atoms with Gasteiger partial charge in [-0.2, -0.15) is 0 Å². The first-order valence-electron chi connectivity index (χ1n) is 9.85. The molecule has 0 radical (unpaired) electrons. The van der Waals surface area contributed by atoms with Crippen LogP contribution in [-0.4, -0.2) is 13.2 Å². The van der Waals surface area contributed by atoms with E-state index >= 15 is 0 Å². The minimum absolute atomic E-state index is 0.445. The smallest absolute Gasteiger partial charge is 0.161 e. The van der Waals surface area contributed by atoms with Gasteiger partial charge in [0.2, 0.25) is 0 Å². The Morgan fingerprint density at radius 2 is 1.46 bits per heavy atom. The Balaban J connectivity index is 1.50. The molecule has 3 nitrogen and oxygen atoms in total. The molecule has 0 aliphatic carbocycles. The number of hydrogen-bond donors (Lipinski definition) is 1. The van der Waals surface area contributed by atoms with Crippen molar-refractivity contribution < 1.29 is 9.47 Å². The summed E-state index contributed by atoms with van der Waals surface area (Å²) < 4.78 is 11.5. The van der Waals surface area contributed by atoms with E-state index in [-0.39, 0.29) is 0 Å². The van der Waals surface area contributed by atoms with Crippen LogP contribution < -0.4 is 14.8 Å². The van der Waals surface area contributed by atoms with E-state index in [2.05, 4.69) is 66.8 Å². The van der Waals surface area contributed by atoms with Gasteiger partial charge in [-0.05, 0) is 48.6 Å². The Bertz CT molecular complexity index is 834. The molecule has 0 heterocycles. The van der Waals surface area contributed by atoms with Crippen LogP contribution in [0, 0.1) is 0 Å². The molecular formula is C25H29NO2. The van der Waals surface area contributed by atoms with Crippen molar-refractivity contribution in [2.75, 3.05) is 7.11 Å². The van der Waals surface area contributed by atoms with E-state index in [0.29, 0.717) is 12.6 Å². The third-order valence-electron chi connectivity index (χ3n) is 4.83. The Morgan fingerprint density at radius 1 is 0.786 bits per heavy atom. The van der Waals surface area contributed by atoms with Crippen molar-refractivity contribution in [3.8, 4) is 11.5 Å². The molecule has 0 amide bonds. The number of aryl methyl sites for hydroxylation is 1. The van der Waals surface area contributed by atoms with Crippen LogP contribution in [0.2, 0.25) is 0 Å². The molecule has 0 bridgehead atoms. The summed E-state index contributed by atoms with van der Waals surface area (Å²) in [6, 6.07) is 27.4. The molecule has 0 saturated carbocycles. The van der Waals surface area contributed by atoms with Crippen LogP contribution in [0.1, 0.15) is 30.0 Å². The summed E-state index contributed by atoms with van der Waals surface area (Å²) in [7, 11) is 1.68. The van der Waals surface area contributed by atoms with Crippen molar-refractivity contribution in [1.82, 2.24) is 5.32 Å². The van der Waals surface area contributed by atoms with Gasteiger partial charge in [0.05, 0.1) is 7.11 Å². The van der Waals surface area contributed by atoms with E-state index in [1.807, 2.05) is 24.3 Å². The van der Waals surface area contributed by atoms with Crippen LogP contribution in [0.25, 0.3) is 0 Å². The molecule has 3 aromatic carbocycles. The number of hydrogen-bond acceptors (Lipinski definition) is 3. The van der Waals surface area contributed by atoms with Crippen LogP contribution in [0.5, 0.6) is 11.5 Å². The number of nitrogens with one attached hydrogen (secondary N) is 1. The lowest BCUT2D eigenvalue weighted by Gasteiger charge is -2.16. The van der Waals surface area contributed by atoms with E-state index in [1.54, 1.807) is 7.11 Å². The Kier molecular flexibility index (Phi) is 7.51. The highest BCUT2D eigenvalue weighted by atomic mass is 16.5. The van der Waals surface area contributed by atoms with Gasteiger partial charge in [0.25, 0.3) is 0 Å². The van der Waals surface area contributed by atoms with Gasteiger partial charge in [-0.1, -0.05) is 66.7 Å². The molecule has 0 aliphatic rings. The Labute approximate surface area is 168 Å². The summed E-state index contributed by atoms with van der Waals surface area (Å²) in [5.74, 6) is 1.54. The summed E-state index contributed by atoms with van der Waals surface area (Å²) >= 11 is 0. The van der Waals surface area contributed by atoms with Gasteiger partial charge in [0.15, 0.2) is 11.5 Å². The number of methoxy groups -OCH3 is 1. The molecule has 0 aromatic heterocycles. The fourth-order valence-electron chi connectivity index (χ4n) is 3.10. The third kappa shape index (κ3) is 6.14. The molecule has 3 aromatic rings. The van der Waals surface area contributed by atoms with Gasteiger partial charge in [-0.25, -0.2) is 0 Å². The maximum atomic E-state index is 5.94. The molecule has 0 saturated heterocycles. The SMILES string of the molecule is COc1cc(CNC(C)CCc2ccccc2)ccc1OCc1ccccc1. The van der Waals surface area contributed by atoms with Gasteiger partial charge in [-0.3, -0.25) is 0 Å². The summed E-state index contributed by atoms with van der Waals surface area (Å²) in [4.78, 5) is 0. The molecule has 3 rings (SSSR count). The average Bonchev–Trinajstić information content (AvgIpc) is 2.76.